The molecule has 1 aliphatic heterocycles. The van der Waals surface area contributed by atoms with Crippen LogP contribution in [-0.4, -0.2) is 35.5 Å². The predicted molar refractivity (Wildman–Crippen MR) is 82.1 cm³/mol. The SMILES string of the molecule is CC(C)(C)OC(=O)N1CCC2(CCC(=O)C(C)(C)C2)CC1. The van der Waals surface area contributed by atoms with Crippen LogP contribution in [0.25, 0.3) is 0 Å². The molecule has 1 amide bonds. The zero-order chi connectivity index (χ0) is 15.9. The number of carbonyl (C=O) groups excluding carboxylic acids is 2. The highest BCUT2D eigenvalue weighted by Gasteiger charge is 2.46. The van der Waals surface area contributed by atoms with E-state index in [9.17, 15) is 9.59 Å². The van der Waals surface area contributed by atoms with Crippen molar-refractivity contribution in [2.75, 3.05) is 13.1 Å². The van der Waals surface area contributed by atoms with Gasteiger partial charge in [-0.3, -0.25) is 4.79 Å². The summed E-state index contributed by atoms with van der Waals surface area (Å²) in [4.78, 5) is 25.9. The van der Waals surface area contributed by atoms with Gasteiger partial charge in [-0.25, -0.2) is 4.79 Å². The van der Waals surface area contributed by atoms with Crippen LogP contribution in [0.5, 0.6) is 0 Å². The molecule has 0 aromatic heterocycles. The maximum absolute atomic E-state index is 12.1. The van der Waals surface area contributed by atoms with Gasteiger partial charge in [-0.1, -0.05) is 13.8 Å². The van der Waals surface area contributed by atoms with E-state index in [1.165, 1.54) is 0 Å². The van der Waals surface area contributed by atoms with E-state index in [1.54, 1.807) is 0 Å². The zero-order valence-electron chi connectivity index (χ0n) is 14.1. The van der Waals surface area contributed by atoms with E-state index in [2.05, 4.69) is 13.8 Å². The van der Waals surface area contributed by atoms with Crippen LogP contribution < -0.4 is 0 Å². The molecule has 21 heavy (non-hydrogen) atoms. The van der Waals surface area contributed by atoms with Crippen molar-refractivity contribution >= 4 is 11.9 Å². The van der Waals surface area contributed by atoms with Crippen LogP contribution in [-0.2, 0) is 9.53 Å². The van der Waals surface area contributed by atoms with Crippen LogP contribution in [0, 0.1) is 10.8 Å². The number of likely N-dealkylation sites (tertiary alicyclic amines) is 1. The van der Waals surface area contributed by atoms with E-state index in [0.717, 1.165) is 38.8 Å². The molecule has 0 atom stereocenters. The van der Waals surface area contributed by atoms with Gasteiger partial charge in [0.2, 0.25) is 0 Å². The molecule has 1 heterocycles. The molecule has 4 nitrogen and oxygen atoms in total. The van der Waals surface area contributed by atoms with E-state index in [4.69, 9.17) is 4.74 Å². The first kappa shape index (κ1) is 16.3. The van der Waals surface area contributed by atoms with Gasteiger partial charge in [0.15, 0.2) is 0 Å². The van der Waals surface area contributed by atoms with Gasteiger partial charge in [-0.2, -0.15) is 0 Å². The van der Waals surface area contributed by atoms with E-state index in [-0.39, 0.29) is 16.9 Å². The van der Waals surface area contributed by atoms with Crippen molar-refractivity contribution in [3.05, 3.63) is 0 Å². The Morgan fingerprint density at radius 1 is 1.14 bits per heavy atom. The summed E-state index contributed by atoms with van der Waals surface area (Å²) in [6, 6.07) is 0. The van der Waals surface area contributed by atoms with Crippen LogP contribution in [0.1, 0.15) is 66.7 Å². The molecule has 1 spiro atoms. The topological polar surface area (TPSA) is 46.6 Å². The number of rotatable bonds is 0. The van der Waals surface area contributed by atoms with Gasteiger partial charge in [0.25, 0.3) is 0 Å². The number of amides is 1. The molecule has 0 radical (unpaired) electrons. The van der Waals surface area contributed by atoms with E-state index in [0.29, 0.717) is 12.2 Å². The second-order valence-electron chi connectivity index (χ2n) is 8.45. The number of hydrogen-bond donors (Lipinski definition) is 0. The van der Waals surface area contributed by atoms with Crippen molar-refractivity contribution in [1.29, 1.82) is 0 Å². The number of nitrogens with zero attached hydrogens (tertiary/aromatic N) is 1. The van der Waals surface area contributed by atoms with Crippen molar-refractivity contribution in [2.45, 2.75) is 72.3 Å². The minimum Gasteiger partial charge on any atom is -0.444 e. The summed E-state index contributed by atoms with van der Waals surface area (Å²) in [6.07, 6.45) is 4.41. The molecule has 0 unspecified atom stereocenters. The predicted octanol–water partition coefficient (Wildman–Crippen LogP) is 3.78. The molecule has 0 aromatic carbocycles. The van der Waals surface area contributed by atoms with Gasteiger partial charge in [0.1, 0.15) is 11.4 Å². The highest BCUT2D eigenvalue weighted by molar-refractivity contribution is 5.85. The van der Waals surface area contributed by atoms with Crippen LogP contribution in [0.15, 0.2) is 0 Å². The molecule has 2 rings (SSSR count). The number of piperidine rings is 1. The molecular weight excluding hydrogens is 266 g/mol. The van der Waals surface area contributed by atoms with Gasteiger partial charge in [-0.05, 0) is 51.9 Å². The summed E-state index contributed by atoms with van der Waals surface area (Å²) in [5, 5.41) is 0. The third-order valence-electron chi connectivity index (χ3n) is 4.93. The second-order valence-corrected chi connectivity index (χ2v) is 8.45. The first-order valence-electron chi connectivity index (χ1n) is 8.04. The van der Waals surface area contributed by atoms with Gasteiger partial charge >= 0.3 is 6.09 Å². The standard InChI is InChI=1S/C17H29NO3/c1-15(2,3)21-14(20)18-10-8-17(9-11-18)7-6-13(19)16(4,5)12-17/h6-12H2,1-5H3. The summed E-state index contributed by atoms with van der Waals surface area (Å²) in [6.45, 7) is 11.3. The Morgan fingerprint density at radius 2 is 1.71 bits per heavy atom. The molecule has 2 fully saturated rings. The number of carbonyl (C=O) groups is 2. The number of ketones is 1. The number of Topliss-reactive ketones (excluding diaryl/α,β-unsaturated/α-hetero) is 1. The van der Waals surface area contributed by atoms with E-state index >= 15 is 0 Å². The highest BCUT2D eigenvalue weighted by atomic mass is 16.6. The first-order valence-corrected chi connectivity index (χ1v) is 8.04. The summed E-state index contributed by atoms with van der Waals surface area (Å²) >= 11 is 0. The Bertz CT molecular complexity index is 426. The summed E-state index contributed by atoms with van der Waals surface area (Å²) in [5.41, 5.74) is -0.395. The van der Waals surface area contributed by atoms with Crippen LogP contribution in [0.3, 0.4) is 0 Å². The average molecular weight is 295 g/mol. The Kier molecular flexibility index (Phi) is 4.11. The summed E-state index contributed by atoms with van der Waals surface area (Å²) in [5.74, 6) is 0.391. The largest absolute Gasteiger partial charge is 0.444 e. The molecule has 0 bridgehead atoms. The lowest BCUT2D eigenvalue weighted by atomic mass is 9.59. The van der Waals surface area contributed by atoms with Crippen molar-refractivity contribution in [1.82, 2.24) is 4.90 Å². The summed E-state index contributed by atoms with van der Waals surface area (Å²) in [7, 11) is 0. The maximum Gasteiger partial charge on any atom is 0.410 e. The maximum atomic E-state index is 12.1. The lowest BCUT2D eigenvalue weighted by molar-refractivity contribution is -0.135. The molecule has 1 aliphatic carbocycles. The average Bonchev–Trinajstić information content (AvgIpc) is 2.33. The van der Waals surface area contributed by atoms with E-state index in [1.807, 2.05) is 25.7 Å². The smallest absolute Gasteiger partial charge is 0.410 e. The molecular formula is C17H29NO3. The van der Waals surface area contributed by atoms with Crippen molar-refractivity contribution < 1.29 is 14.3 Å². The Balaban J connectivity index is 1.94. The van der Waals surface area contributed by atoms with Crippen LogP contribution in [0.4, 0.5) is 4.79 Å². The van der Waals surface area contributed by atoms with Crippen molar-refractivity contribution in [2.24, 2.45) is 10.8 Å². The van der Waals surface area contributed by atoms with Crippen LogP contribution in [0.2, 0.25) is 0 Å². The van der Waals surface area contributed by atoms with Crippen LogP contribution >= 0.6 is 0 Å². The zero-order valence-corrected chi connectivity index (χ0v) is 14.1. The number of hydrogen-bond acceptors (Lipinski definition) is 3. The van der Waals surface area contributed by atoms with Gasteiger partial charge in [-0.15, -0.1) is 0 Å². The summed E-state index contributed by atoms with van der Waals surface area (Å²) < 4.78 is 5.44. The fraction of sp³-hybridized carbons (Fsp3) is 0.882. The molecule has 4 heteroatoms. The second kappa shape index (κ2) is 5.29. The minimum atomic E-state index is -0.439. The molecule has 1 saturated carbocycles. The van der Waals surface area contributed by atoms with E-state index < -0.39 is 5.60 Å². The molecule has 2 aliphatic rings. The first-order chi connectivity index (χ1) is 9.53. The number of ether oxygens (including phenoxy) is 1. The Labute approximate surface area is 128 Å². The lowest BCUT2D eigenvalue weighted by Crippen LogP contribution is -2.49. The fourth-order valence-electron chi connectivity index (χ4n) is 3.76. The monoisotopic (exact) mass is 295 g/mol. The molecule has 0 N–H and O–H groups in total. The third kappa shape index (κ3) is 3.78. The molecule has 120 valence electrons. The van der Waals surface area contributed by atoms with Gasteiger partial charge in [0, 0.05) is 24.9 Å². The highest BCUT2D eigenvalue weighted by Crippen LogP contribution is 2.50. The quantitative estimate of drug-likeness (QED) is 0.683. The Morgan fingerprint density at radius 3 is 2.19 bits per heavy atom. The van der Waals surface area contributed by atoms with Crippen molar-refractivity contribution in [3.63, 3.8) is 0 Å². The normalized spacial score (nSPS) is 25.0. The van der Waals surface area contributed by atoms with Gasteiger partial charge < -0.3 is 9.64 Å². The third-order valence-corrected chi connectivity index (χ3v) is 4.93. The Hall–Kier alpha value is -1.06. The molecule has 0 aromatic rings. The lowest BCUT2D eigenvalue weighted by Gasteiger charge is -2.48. The minimum absolute atomic E-state index is 0.202. The van der Waals surface area contributed by atoms with Gasteiger partial charge in [0.05, 0.1) is 0 Å². The molecule has 1 saturated heterocycles. The van der Waals surface area contributed by atoms with Crippen molar-refractivity contribution in [3.8, 4) is 0 Å². The fourth-order valence-corrected chi connectivity index (χ4v) is 3.76.